The van der Waals surface area contributed by atoms with Crippen molar-refractivity contribution in [3.63, 3.8) is 0 Å². The number of aryl methyl sites for hydroxylation is 1. The number of Topliss-reactive ketones (excluding diaryl/α,β-unsaturated/α-hetero) is 2. The lowest BCUT2D eigenvalue weighted by Gasteiger charge is -2.13. The maximum Gasteiger partial charge on any atom is 0.213 e. The molecule has 31 heavy (non-hydrogen) atoms. The van der Waals surface area contributed by atoms with Crippen molar-refractivity contribution in [2.75, 3.05) is 12.3 Å². The zero-order valence-corrected chi connectivity index (χ0v) is 19.4. The third-order valence-electron chi connectivity index (χ3n) is 5.45. The number of benzene rings is 1. The molecule has 9 heteroatoms. The number of sulfonamides is 1. The van der Waals surface area contributed by atoms with Crippen molar-refractivity contribution >= 4 is 32.9 Å². The number of rotatable bonds is 11. The number of ketones is 2. The van der Waals surface area contributed by atoms with Gasteiger partial charge < -0.3 is 5.73 Å². The predicted octanol–water partition coefficient (Wildman–Crippen LogP) is 2.56. The summed E-state index contributed by atoms with van der Waals surface area (Å²) < 4.78 is 25.8. The Labute approximate surface area is 187 Å². The van der Waals surface area contributed by atoms with E-state index < -0.39 is 10.0 Å². The molecule has 0 bridgehead atoms. The molecule has 3 N–H and O–H groups in total. The van der Waals surface area contributed by atoms with E-state index in [1.165, 1.54) is 11.3 Å². The Morgan fingerprint density at radius 3 is 2.68 bits per heavy atom. The molecule has 1 saturated carbocycles. The van der Waals surface area contributed by atoms with Crippen molar-refractivity contribution in [1.29, 1.82) is 0 Å². The Balaban J connectivity index is 1.62. The van der Waals surface area contributed by atoms with Gasteiger partial charge in [0, 0.05) is 29.8 Å². The van der Waals surface area contributed by atoms with Gasteiger partial charge in [-0.3, -0.25) is 9.59 Å². The van der Waals surface area contributed by atoms with Crippen molar-refractivity contribution in [3.05, 3.63) is 51.0 Å². The van der Waals surface area contributed by atoms with Gasteiger partial charge in [-0.25, -0.2) is 18.1 Å². The number of nitrogens with two attached hydrogens (primary N) is 1. The number of aromatic nitrogens is 1. The molecule has 2 aromatic rings. The molecule has 3 rings (SSSR count). The molecule has 1 aliphatic carbocycles. The summed E-state index contributed by atoms with van der Waals surface area (Å²) in [5.41, 5.74) is 8.32. The number of nitrogens with one attached hydrogen (secondary N) is 1. The van der Waals surface area contributed by atoms with Crippen LogP contribution in [0, 0.1) is 12.8 Å². The Bertz CT molecular complexity index is 1040. The average Bonchev–Trinajstić information content (AvgIpc) is 3.39. The summed E-state index contributed by atoms with van der Waals surface area (Å²) in [4.78, 5) is 30.0. The van der Waals surface area contributed by atoms with Crippen LogP contribution < -0.4 is 10.5 Å². The summed E-state index contributed by atoms with van der Waals surface area (Å²) >= 11 is 1.33. The fraction of sp³-hybridized carbons (Fsp3) is 0.500. The lowest BCUT2D eigenvalue weighted by molar-refractivity contribution is -0.117. The smallest absolute Gasteiger partial charge is 0.213 e. The molecule has 1 aliphatic rings. The molecule has 1 heterocycles. The third-order valence-corrected chi connectivity index (χ3v) is 7.71. The maximum absolute atomic E-state index is 13.0. The molecule has 0 atom stereocenters. The molecular formula is C22H29N3O4S2. The van der Waals surface area contributed by atoms with Crippen molar-refractivity contribution in [2.45, 2.75) is 52.0 Å². The average molecular weight is 464 g/mol. The van der Waals surface area contributed by atoms with E-state index in [1.807, 2.05) is 25.1 Å². The summed E-state index contributed by atoms with van der Waals surface area (Å²) in [6.45, 7) is 2.08. The first kappa shape index (κ1) is 23.7. The molecule has 0 saturated heterocycles. The van der Waals surface area contributed by atoms with E-state index in [0.717, 1.165) is 36.8 Å². The van der Waals surface area contributed by atoms with Crippen LogP contribution in [0.3, 0.4) is 0 Å². The molecule has 0 aliphatic heterocycles. The van der Waals surface area contributed by atoms with Crippen molar-refractivity contribution in [1.82, 2.24) is 9.71 Å². The van der Waals surface area contributed by atoms with Gasteiger partial charge in [-0.1, -0.05) is 30.5 Å². The van der Waals surface area contributed by atoms with Gasteiger partial charge >= 0.3 is 0 Å². The summed E-state index contributed by atoms with van der Waals surface area (Å²) in [6.07, 6.45) is 4.38. The molecule has 7 nitrogen and oxygen atoms in total. The number of hydrogen-bond acceptors (Lipinski definition) is 7. The van der Waals surface area contributed by atoms with E-state index in [9.17, 15) is 18.0 Å². The minimum absolute atomic E-state index is 0.0195. The monoisotopic (exact) mass is 463 g/mol. The SMILES string of the molecule is Cc1ccc(CC(=O)Cc2nc(CNS(=O)(=O)CCN)cs2)c(C(=O)C2CCCC2)c1. The topological polar surface area (TPSA) is 119 Å². The quantitative estimate of drug-likeness (QED) is 0.494. The van der Waals surface area contributed by atoms with Crippen LogP contribution in [-0.4, -0.2) is 37.3 Å². The first-order chi connectivity index (χ1) is 14.8. The van der Waals surface area contributed by atoms with Gasteiger partial charge in [-0.05, 0) is 31.4 Å². The highest BCUT2D eigenvalue weighted by Gasteiger charge is 2.26. The van der Waals surface area contributed by atoms with E-state index in [0.29, 0.717) is 16.3 Å². The Kier molecular flexibility index (Phi) is 8.10. The van der Waals surface area contributed by atoms with Gasteiger partial charge in [0.05, 0.1) is 24.4 Å². The first-order valence-electron chi connectivity index (χ1n) is 10.5. The molecule has 1 aromatic carbocycles. The summed E-state index contributed by atoms with van der Waals surface area (Å²) in [6, 6.07) is 5.72. The number of carbonyl (C=O) groups is 2. The molecule has 0 amide bonds. The van der Waals surface area contributed by atoms with Crippen LogP contribution in [0.2, 0.25) is 0 Å². The lowest BCUT2D eigenvalue weighted by Crippen LogP contribution is -2.29. The normalized spacial score (nSPS) is 14.8. The number of carbonyl (C=O) groups excluding carboxylic acids is 2. The van der Waals surface area contributed by atoms with E-state index in [2.05, 4.69) is 9.71 Å². The zero-order chi connectivity index (χ0) is 22.4. The van der Waals surface area contributed by atoms with Crippen LogP contribution in [0.25, 0.3) is 0 Å². The van der Waals surface area contributed by atoms with Gasteiger partial charge in [-0.2, -0.15) is 0 Å². The van der Waals surface area contributed by atoms with E-state index in [4.69, 9.17) is 5.73 Å². The molecule has 1 aromatic heterocycles. The summed E-state index contributed by atoms with van der Waals surface area (Å²) in [5, 5.41) is 2.38. The fourth-order valence-electron chi connectivity index (χ4n) is 3.85. The summed E-state index contributed by atoms with van der Waals surface area (Å²) in [5.74, 6) is 0.0699. The maximum atomic E-state index is 13.0. The Morgan fingerprint density at radius 1 is 1.23 bits per heavy atom. The zero-order valence-electron chi connectivity index (χ0n) is 17.7. The minimum atomic E-state index is -3.42. The Hall–Kier alpha value is -1.94. The second-order valence-corrected chi connectivity index (χ2v) is 10.9. The molecular weight excluding hydrogens is 434 g/mol. The Morgan fingerprint density at radius 2 is 1.97 bits per heavy atom. The molecule has 1 fully saturated rings. The van der Waals surface area contributed by atoms with Crippen LogP contribution >= 0.6 is 11.3 Å². The van der Waals surface area contributed by atoms with Gasteiger partial charge in [0.15, 0.2) is 5.78 Å². The van der Waals surface area contributed by atoms with E-state index >= 15 is 0 Å². The van der Waals surface area contributed by atoms with Gasteiger partial charge in [0.25, 0.3) is 0 Å². The van der Waals surface area contributed by atoms with Crippen LogP contribution in [0.1, 0.15) is 57.9 Å². The third kappa shape index (κ3) is 6.77. The molecule has 0 unspecified atom stereocenters. The minimum Gasteiger partial charge on any atom is -0.329 e. The van der Waals surface area contributed by atoms with Gasteiger partial charge in [0.2, 0.25) is 10.0 Å². The number of nitrogens with zero attached hydrogens (tertiary/aromatic N) is 1. The van der Waals surface area contributed by atoms with Crippen molar-refractivity contribution in [2.24, 2.45) is 11.7 Å². The first-order valence-corrected chi connectivity index (χ1v) is 13.1. The highest BCUT2D eigenvalue weighted by Crippen LogP contribution is 2.29. The van der Waals surface area contributed by atoms with E-state index in [-0.39, 0.29) is 49.2 Å². The fourth-order valence-corrected chi connectivity index (χ4v) is 5.49. The van der Waals surface area contributed by atoms with Gasteiger partial charge in [-0.15, -0.1) is 11.3 Å². The highest BCUT2D eigenvalue weighted by atomic mass is 32.2. The predicted molar refractivity (Wildman–Crippen MR) is 122 cm³/mol. The van der Waals surface area contributed by atoms with Gasteiger partial charge in [0.1, 0.15) is 10.8 Å². The second-order valence-electron chi connectivity index (χ2n) is 8.06. The van der Waals surface area contributed by atoms with Crippen LogP contribution in [0.5, 0.6) is 0 Å². The largest absolute Gasteiger partial charge is 0.329 e. The summed E-state index contributed by atoms with van der Waals surface area (Å²) in [7, 11) is -3.42. The number of thiazole rings is 1. The molecule has 0 spiro atoms. The van der Waals surface area contributed by atoms with E-state index in [1.54, 1.807) is 5.38 Å². The van der Waals surface area contributed by atoms with Crippen LogP contribution in [0.15, 0.2) is 23.6 Å². The highest BCUT2D eigenvalue weighted by molar-refractivity contribution is 7.89. The standard InChI is InChI=1S/C22H29N3O4S2/c1-15-6-7-17(20(10-15)22(27)16-4-2-3-5-16)11-19(26)12-21-25-18(14-30-21)13-24-31(28,29)9-8-23/h6-7,10,14,16,24H,2-5,8-9,11-13,23H2,1H3. The van der Waals surface area contributed by atoms with Crippen LogP contribution in [-0.2, 0) is 34.2 Å². The lowest BCUT2D eigenvalue weighted by atomic mass is 9.90. The number of hydrogen-bond donors (Lipinski definition) is 2. The van der Waals surface area contributed by atoms with Crippen molar-refractivity contribution < 1.29 is 18.0 Å². The van der Waals surface area contributed by atoms with Crippen molar-refractivity contribution in [3.8, 4) is 0 Å². The second kappa shape index (κ2) is 10.6. The van der Waals surface area contributed by atoms with Crippen LogP contribution in [0.4, 0.5) is 0 Å². The molecule has 0 radical (unpaired) electrons. The molecule has 168 valence electrons.